The minimum atomic E-state index is -0.502. The van der Waals surface area contributed by atoms with Gasteiger partial charge < -0.3 is 10.5 Å². The highest BCUT2D eigenvalue weighted by Gasteiger charge is 2.22. The van der Waals surface area contributed by atoms with Gasteiger partial charge >= 0.3 is 5.97 Å². The maximum Gasteiger partial charge on any atom is 0.338 e. The molecule has 1 aliphatic rings. The lowest BCUT2D eigenvalue weighted by Crippen LogP contribution is -2.31. The Balaban J connectivity index is 1.94. The third-order valence-electron chi connectivity index (χ3n) is 3.31. The summed E-state index contributed by atoms with van der Waals surface area (Å²) in [5.41, 5.74) is 6.07. The SMILES string of the molecule is N[C@H]1CC[C@@H](OC(=O)c2ccc([N+](=O)[O-])cc2)CC1. The molecule has 0 amide bonds. The Kier molecular flexibility index (Phi) is 4.11. The van der Waals surface area contributed by atoms with Crippen LogP contribution in [-0.4, -0.2) is 23.0 Å². The molecule has 1 fully saturated rings. The number of rotatable bonds is 3. The van der Waals surface area contributed by atoms with Crippen LogP contribution in [0.25, 0.3) is 0 Å². The number of nitrogens with two attached hydrogens (primary N) is 1. The zero-order valence-corrected chi connectivity index (χ0v) is 10.5. The van der Waals surface area contributed by atoms with E-state index in [9.17, 15) is 14.9 Å². The van der Waals surface area contributed by atoms with Crippen LogP contribution in [0.2, 0.25) is 0 Å². The normalized spacial score (nSPS) is 22.8. The lowest BCUT2D eigenvalue weighted by molar-refractivity contribution is -0.384. The van der Waals surface area contributed by atoms with Gasteiger partial charge in [0.1, 0.15) is 6.10 Å². The van der Waals surface area contributed by atoms with E-state index >= 15 is 0 Å². The first-order valence-corrected chi connectivity index (χ1v) is 6.27. The van der Waals surface area contributed by atoms with Crippen molar-refractivity contribution < 1.29 is 14.5 Å². The zero-order valence-electron chi connectivity index (χ0n) is 10.5. The second-order valence-electron chi connectivity index (χ2n) is 4.75. The number of non-ortho nitro benzene ring substituents is 1. The van der Waals surface area contributed by atoms with E-state index in [2.05, 4.69) is 0 Å². The summed E-state index contributed by atoms with van der Waals surface area (Å²) in [5, 5.41) is 10.5. The van der Waals surface area contributed by atoms with E-state index in [1.807, 2.05) is 0 Å². The van der Waals surface area contributed by atoms with E-state index in [4.69, 9.17) is 10.5 Å². The molecular weight excluding hydrogens is 248 g/mol. The number of nitro groups is 1. The minimum absolute atomic E-state index is 0.0415. The fourth-order valence-corrected chi connectivity index (χ4v) is 2.15. The molecule has 0 aromatic heterocycles. The molecule has 2 rings (SSSR count). The lowest BCUT2D eigenvalue weighted by Gasteiger charge is -2.25. The standard InChI is InChI=1S/C13H16N2O4/c14-10-3-7-12(8-4-10)19-13(16)9-1-5-11(6-2-9)15(17)18/h1-2,5-6,10,12H,3-4,7-8,14H2/t10-,12+. The van der Waals surface area contributed by atoms with E-state index in [1.54, 1.807) is 0 Å². The molecule has 102 valence electrons. The number of nitrogens with zero attached hydrogens (tertiary/aromatic N) is 1. The molecule has 2 N–H and O–H groups in total. The van der Waals surface area contributed by atoms with Crippen LogP contribution in [0, 0.1) is 10.1 Å². The monoisotopic (exact) mass is 264 g/mol. The third kappa shape index (κ3) is 3.51. The molecule has 6 heteroatoms. The number of ether oxygens (including phenoxy) is 1. The number of carbonyl (C=O) groups is 1. The molecule has 0 heterocycles. The van der Waals surface area contributed by atoms with E-state index in [0.29, 0.717) is 5.56 Å². The predicted molar refractivity (Wildman–Crippen MR) is 68.7 cm³/mol. The maximum absolute atomic E-state index is 11.9. The first kappa shape index (κ1) is 13.5. The Bertz CT molecular complexity index is 464. The summed E-state index contributed by atoms with van der Waals surface area (Å²) in [6.07, 6.45) is 3.18. The summed E-state index contributed by atoms with van der Waals surface area (Å²) < 4.78 is 5.36. The Morgan fingerprint density at radius 2 is 1.79 bits per heavy atom. The topological polar surface area (TPSA) is 95.5 Å². The molecule has 1 aromatic rings. The number of hydrogen-bond acceptors (Lipinski definition) is 5. The van der Waals surface area contributed by atoms with Gasteiger partial charge in [0.25, 0.3) is 5.69 Å². The molecule has 0 spiro atoms. The van der Waals surface area contributed by atoms with Crippen LogP contribution in [0.1, 0.15) is 36.0 Å². The molecule has 0 unspecified atom stereocenters. The summed E-state index contributed by atoms with van der Waals surface area (Å²) in [7, 11) is 0. The molecule has 0 radical (unpaired) electrons. The first-order valence-electron chi connectivity index (χ1n) is 6.27. The van der Waals surface area contributed by atoms with Gasteiger partial charge in [-0.05, 0) is 37.8 Å². The Hall–Kier alpha value is -1.95. The van der Waals surface area contributed by atoms with Crippen LogP contribution < -0.4 is 5.73 Å². The van der Waals surface area contributed by atoms with Crippen molar-refractivity contribution in [1.29, 1.82) is 0 Å². The van der Waals surface area contributed by atoms with Gasteiger partial charge in [0.2, 0.25) is 0 Å². The quantitative estimate of drug-likeness (QED) is 0.512. The molecule has 19 heavy (non-hydrogen) atoms. The molecular formula is C13H16N2O4. The van der Waals surface area contributed by atoms with Crippen molar-refractivity contribution in [3.63, 3.8) is 0 Å². The van der Waals surface area contributed by atoms with Crippen molar-refractivity contribution in [3.8, 4) is 0 Å². The predicted octanol–water partition coefficient (Wildman–Crippen LogP) is 2.02. The number of carbonyl (C=O) groups excluding carboxylic acids is 1. The molecule has 1 saturated carbocycles. The smallest absolute Gasteiger partial charge is 0.338 e. The van der Waals surface area contributed by atoms with E-state index in [1.165, 1.54) is 24.3 Å². The summed E-state index contributed by atoms with van der Waals surface area (Å²) in [6.45, 7) is 0. The van der Waals surface area contributed by atoms with Gasteiger partial charge in [-0.3, -0.25) is 10.1 Å². The van der Waals surface area contributed by atoms with Crippen LogP contribution in [0.4, 0.5) is 5.69 Å². The first-order chi connectivity index (χ1) is 9.06. The minimum Gasteiger partial charge on any atom is -0.459 e. The van der Waals surface area contributed by atoms with Crippen molar-refractivity contribution in [3.05, 3.63) is 39.9 Å². The van der Waals surface area contributed by atoms with Crippen LogP contribution in [-0.2, 0) is 4.74 Å². The van der Waals surface area contributed by atoms with Crippen molar-refractivity contribution in [2.45, 2.75) is 37.8 Å². The molecule has 0 atom stereocenters. The number of nitro benzene ring substituents is 1. The highest BCUT2D eigenvalue weighted by atomic mass is 16.6. The summed E-state index contributed by atoms with van der Waals surface area (Å²) in [4.78, 5) is 21.9. The zero-order chi connectivity index (χ0) is 13.8. The van der Waals surface area contributed by atoms with Gasteiger partial charge in [-0.1, -0.05) is 0 Å². The van der Waals surface area contributed by atoms with Gasteiger partial charge in [0.05, 0.1) is 10.5 Å². The summed E-state index contributed by atoms with van der Waals surface area (Å²) in [5.74, 6) is -0.435. The molecule has 1 aromatic carbocycles. The number of esters is 1. The Morgan fingerprint density at radius 3 is 2.32 bits per heavy atom. The van der Waals surface area contributed by atoms with Crippen molar-refractivity contribution in [2.75, 3.05) is 0 Å². The van der Waals surface area contributed by atoms with Gasteiger partial charge in [0, 0.05) is 18.2 Å². The number of hydrogen-bond donors (Lipinski definition) is 1. The van der Waals surface area contributed by atoms with Crippen molar-refractivity contribution in [1.82, 2.24) is 0 Å². The molecule has 0 aliphatic heterocycles. The molecule has 0 saturated heterocycles. The molecule has 0 bridgehead atoms. The van der Waals surface area contributed by atoms with Crippen molar-refractivity contribution >= 4 is 11.7 Å². The molecule has 1 aliphatic carbocycles. The van der Waals surface area contributed by atoms with Crippen LogP contribution in [0.15, 0.2) is 24.3 Å². The van der Waals surface area contributed by atoms with Gasteiger partial charge in [-0.25, -0.2) is 4.79 Å². The highest BCUT2D eigenvalue weighted by molar-refractivity contribution is 5.89. The van der Waals surface area contributed by atoms with Gasteiger partial charge in [0.15, 0.2) is 0 Å². The van der Waals surface area contributed by atoms with E-state index in [-0.39, 0.29) is 17.8 Å². The average molecular weight is 264 g/mol. The van der Waals surface area contributed by atoms with E-state index in [0.717, 1.165) is 25.7 Å². The van der Waals surface area contributed by atoms with Gasteiger partial charge in [-0.2, -0.15) is 0 Å². The summed E-state index contributed by atoms with van der Waals surface area (Å²) in [6, 6.07) is 5.62. The van der Waals surface area contributed by atoms with Gasteiger partial charge in [-0.15, -0.1) is 0 Å². The fourth-order valence-electron chi connectivity index (χ4n) is 2.15. The highest BCUT2D eigenvalue weighted by Crippen LogP contribution is 2.21. The van der Waals surface area contributed by atoms with Crippen LogP contribution >= 0.6 is 0 Å². The second-order valence-corrected chi connectivity index (χ2v) is 4.75. The Morgan fingerprint density at radius 1 is 1.21 bits per heavy atom. The Labute approximate surface area is 110 Å². The lowest BCUT2D eigenvalue weighted by atomic mass is 9.94. The van der Waals surface area contributed by atoms with Crippen LogP contribution in [0.3, 0.4) is 0 Å². The average Bonchev–Trinajstić information content (AvgIpc) is 2.41. The maximum atomic E-state index is 11.9. The third-order valence-corrected chi connectivity index (χ3v) is 3.31. The largest absolute Gasteiger partial charge is 0.459 e. The molecule has 6 nitrogen and oxygen atoms in total. The van der Waals surface area contributed by atoms with Crippen LogP contribution in [0.5, 0.6) is 0 Å². The fraction of sp³-hybridized carbons (Fsp3) is 0.462. The van der Waals surface area contributed by atoms with E-state index < -0.39 is 10.9 Å². The van der Waals surface area contributed by atoms with Crippen molar-refractivity contribution in [2.24, 2.45) is 5.73 Å². The number of benzene rings is 1. The second kappa shape index (κ2) is 5.79. The summed E-state index contributed by atoms with van der Waals surface area (Å²) >= 11 is 0.